The third-order valence-electron chi connectivity index (χ3n) is 10.1. The van der Waals surface area contributed by atoms with Crippen LogP contribution in [0.25, 0.3) is 60.6 Å². The summed E-state index contributed by atoms with van der Waals surface area (Å²) in [5.74, 6) is 0.0820. The Hall–Kier alpha value is -7.37. The number of aromatic nitrogens is 1. The van der Waals surface area contributed by atoms with Crippen molar-refractivity contribution in [2.24, 2.45) is 4.99 Å². The van der Waals surface area contributed by atoms with Crippen molar-refractivity contribution < 1.29 is 9.52 Å². The predicted molar refractivity (Wildman–Crippen MR) is 224 cm³/mol. The second-order valence-corrected chi connectivity index (χ2v) is 13.4. The van der Waals surface area contributed by atoms with Gasteiger partial charge in [-0.25, -0.2) is 0 Å². The van der Waals surface area contributed by atoms with Gasteiger partial charge in [0.25, 0.3) is 0 Å². The summed E-state index contributed by atoms with van der Waals surface area (Å²) in [7, 11) is 0. The SMILES string of the molecule is Oc1cc2c(cc1N=Cc1ccccc1)oc1cccc(N(c3ccc4c(c3)c3ccccc3n4-c3ccccc3)c3ccccc3-c3ccccc3)c12. The maximum absolute atomic E-state index is 11.4. The molecule has 0 aliphatic rings. The van der Waals surface area contributed by atoms with Crippen LogP contribution in [0, 0.1) is 0 Å². The van der Waals surface area contributed by atoms with Crippen LogP contribution in [-0.2, 0) is 0 Å². The summed E-state index contributed by atoms with van der Waals surface area (Å²) in [5, 5.41) is 15.4. The Morgan fingerprint density at radius 3 is 2.06 bits per heavy atom. The minimum atomic E-state index is 0.0820. The zero-order valence-electron chi connectivity index (χ0n) is 29.2. The van der Waals surface area contributed by atoms with E-state index in [1.54, 1.807) is 12.3 Å². The Balaban J connectivity index is 1.22. The topological polar surface area (TPSA) is 53.9 Å². The minimum absolute atomic E-state index is 0.0820. The van der Waals surface area contributed by atoms with Gasteiger partial charge in [-0.3, -0.25) is 4.99 Å². The molecule has 0 aliphatic heterocycles. The van der Waals surface area contributed by atoms with Crippen molar-refractivity contribution in [1.29, 1.82) is 0 Å². The molecule has 54 heavy (non-hydrogen) atoms. The fourth-order valence-electron chi connectivity index (χ4n) is 7.70. The average Bonchev–Trinajstić information content (AvgIpc) is 3.76. The molecule has 1 N–H and O–H groups in total. The molecule has 0 unspecified atom stereocenters. The van der Waals surface area contributed by atoms with Gasteiger partial charge in [0, 0.05) is 45.4 Å². The number of benzene rings is 8. The van der Waals surface area contributed by atoms with E-state index >= 15 is 0 Å². The molecule has 8 aromatic carbocycles. The molecule has 0 aliphatic carbocycles. The predicted octanol–water partition coefficient (Wildman–Crippen LogP) is 13.3. The normalized spacial score (nSPS) is 11.7. The lowest BCUT2D eigenvalue weighted by molar-refractivity contribution is 0.477. The number of hydrogen-bond donors (Lipinski definition) is 1. The zero-order valence-corrected chi connectivity index (χ0v) is 29.2. The Labute approximate surface area is 311 Å². The number of hydrogen-bond acceptors (Lipinski definition) is 4. The van der Waals surface area contributed by atoms with Crippen LogP contribution < -0.4 is 4.90 Å². The first-order valence-corrected chi connectivity index (χ1v) is 18.0. The van der Waals surface area contributed by atoms with Crippen molar-refractivity contribution in [2.45, 2.75) is 0 Å². The monoisotopic (exact) mass is 695 g/mol. The van der Waals surface area contributed by atoms with E-state index in [1.165, 1.54) is 5.39 Å². The van der Waals surface area contributed by atoms with Gasteiger partial charge in [0.1, 0.15) is 22.6 Å². The highest BCUT2D eigenvalue weighted by molar-refractivity contribution is 6.16. The third kappa shape index (κ3) is 5.30. The van der Waals surface area contributed by atoms with E-state index in [9.17, 15) is 5.11 Å². The lowest BCUT2D eigenvalue weighted by Gasteiger charge is -2.28. The maximum atomic E-state index is 11.4. The summed E-state index contributed by atoms with van der Waals surface area (Å²) < 4.78 is 8.88. The zero-order chi connectivity index (χ0) is 36.0. The van der Waals surface area contributed by atoms with Crippen molar-refractivity contribution in [2.75, 3.05) is 4.90 Å². The van der Waals surface area contributed by atoms with E-state index in [4.69, 9.17) is 4.42 Å². The fraction of sp³-hybridized carbons (Fsp3) is 0. The van der Waals surface area contributed by atoms with Gasteiger partial charge in [0.15, 0.2) is 0 Å². The lowest BCUT2D eigenvalue weighted by atomic mass is 10.0. The van der Waals surface area contributed by atoms with Crippen LogP contribution in [0.5, 0.6) is 5.75 Å². The Morgan fingerprint density at radius 1 is 0.537 bits per heavy atom. The van der Waals surface area contributed by atoms with E-state index in [0.29, 0.717) is 11.3 Å². The number of fused-ring (bicyclic) bond motifs is 6. The molecule has 0 spiro atoms. The second-order valence-electron chi connectivity index (χ2n) is 13.4. The van der Waals surface area contributed by atoms with Gasteiger partial charge in [-0.15, -0.1) is 0 Å². The highest BCUT2D eigenvalue weighted by Gasteiger charge is 2.24. The molecule has 5 heteroatoms. The standard InChI is InChI=1S/C49H33N3O2/c53-46-30-40-48(31-41(46)50-32-33-15-4-1-5-16-33)54-47-26-14-25-45(49(40)47)52(42-23-12-10-21-37(42)34-17-6-2-7-18-34)36-27-28-44-39(29-36)38-22-11-13-24-43(38)51(44)35-19-8-3-9-20-35/h1-32,53H. The number of anilines is 3. The summed E-state index contributed by atoms with van der Waals surface area (Å²) in [6.07, 6.45) is 1.75. The van der Waals surface area contributed by atoms with Gasteiger partial charge in [0.05, 0.1) is 27.8 Å². The van der Waals surface area contributed by atoms with Crippen molar-refractivity contribution in [1.82, 2.24) is 4.57 Å². The molecule has 0 saturated carbocycles. The van der Waals surface area contributed by atoms with Gasteiger partial charge in [0.2, 0.25) is 0 Å². The molecular formula is C49H33N3O2. The molecule has 0 fully saturated rings. The molecule has 10 rings (SSSR count). The molecule has 2 aromatic heterocycles. The van der Waals surface area contributed by atoms with Crippen LogP contribution in [0.15, 0.2) is 197 Å². The number of aliphatic imine (C=N–C) groups is 1. The van der Waals surface area contributed by atoms with E-state index in [-0.39, 0.29) is 5.75 Å². The molecule has 0 radical (unpaired) electrons. The summed E-state index contributed by atoms with van der Waals surface area (Å²) in [4.78, 5) is 6.95. The second kappa shape index (κ2) is 13.0. The van der Waals surface area contributed by atoms with Crippen LogP contribution in [0.1, 0.15) is 5.56 Å². The van der Waals surface area contributed by atoms with Crippen molar-refractivity contribution in [3.05, 3.63) is 194 Å². The number of para-hydroxylation sites is 3. The van der Waals surface area contributed by atoms with Crippen LogP contribution in [0.3, 0.4) is 0 Å². The van der Waals surface area contributed by atoms with Crippen LogP contribution in [0.2, 0.25) is 0 Å². The first kappa shape index (κ1) is 31.4. The van der Waals surface area contributed by atoms with Crippen molar-refractivity contribution in [3.63, 3.8) is 0 Å². The Kier molecular flexibility index (Phi) is 7.55. The quantitative estimate of drug-likeness (QED) is 0.169. The Bertz CT molecular complexity index is 3000. The summed E-state index contributed by atoms with van der Waals surface area (Å²) in [6.45, 7) is 0. The smallest absolute Gasteiger partial charge is 0.142 e. The van der Waals surface area contributed by atoms with Crippen molar-refractivity contribution >= 4 is 72.7 Å². The van der Waals surface area contributed by atoms with E-state index in [0.717, 1.165) is 72.2 Å². The first-order valence-electron chi connectivity index (χ1n) is 18.0. The highest BCUT2D eigenvalue weighted by atomic mass is 16.3. The molecule has 0 bridgehead atoms. The Morgan fingerprint density at radius 2 is 1.22 bits per heavy atom. The van der Waals surface area contributed by atoms with Crippen LogP contribution in [0.4, 0.5) is 22.7 Å². The molecule has 2 heterocycles. The first-order chi connectivity index (χ1) is 26.7. The van der Waals surface area contributed by atoms with E-state index in [2.05, 4.69) is 142 Å². The van der Waals surface area contributed by atoms with Gasteiger partial charge >= 0.3 is 0 Å². The van der Waals surface area contributed by atoms with Gasteiger partial charge < -0.3 is 19.0 Å². The third-order valence-corrected chi connectivity index (χ3v) is 10.1. The summed E-state index contributed by atoms with van der Waals surface area (Å²) in [5.41, 5.74) is 11.3. The average molecular weight is 696 g/mol. The number of rotatable bonds is 7. The molecule has 0 atom stereocenters. The lowest BCUT2D eigenvalue weighted by Crippen LogP contribution is -2.11. The molecule has 0 amide bonds. The molecule has 0 saturated heterocycles. The molecule has 10 aromatic rings. The summed E-state index contributed by atoms with van der Waals surface area (Å²) >= 11 is 0. The maximum Gasteiger partial charge on any atom is 0.142 e. The number of nitrogens with zero attached hydrogens (tertiary/aromatic N) is 3. The van der Waals surface area contributed by atoms with Crippen LogP contribution in [-0.4, -0.2) is 15.9 Å². The van der Waals surface area contributed by atoms with E-state index < -0.39 is 0 Å². The van der Waals surface area contributed by atoms with Crippen LogP contribution >= 0.6 is 0 Å². The molecule has 5 nitrogen and oxygen atoms in total. The van der Waals surface area contributed by atoms with Gasteiger partial charge in [-0.1, -0.05) is 121 Å². The van der Waals surface area contributed by atoms with Gasteiger partial charge in [-0.2, -0.15) is 0 Å². The molecule has 256 valence electrons. The number of phenols is 1. The highest BCUT2D eigenvalue weighted by Crippen LogP contribution is 2.48. The minimum Gasteiger partial charge on any atom is -0.506 e. The van der Waals surface area contributed by atoms with E-state index in [1.807, 2.05) is 54.6 Å². The number of phenolic OH excluding ortho intramolecular Hbond substituents is 1. The fourth-order valence-corrected chi connectivity index (χ4v) is 7.70. The van der Waals surface area contributed by atoms with Crippen molar-refractivity contribution in [3.8, 4) is 22.6 Å². The summed E-state index contributed by atoms with van der Waals surface area (Å²) in [6, 6.07) is 64.5. The number of furan rings is 1. The van der Waals surface area contributed by atoms with Gasteiger partial charge in [-0.05, 0) is 71.8 Å². The largest absolute Gasteiger partial charge is 0.506 e. The molecular weight excluding hydrogens is 663 g/mol. The number of aromatic hydroxyl groups is 1.